The summed E-state index contributed by atoms with van der Waals surface area (Å²) in [6.07, 6.45) is 0.692. The molecule has 0 N–H and O–H groups in total. The maximum Gasteiger partial charge on any atom is 0.353 e. The van der Waals surface area contributed by atoms with Gasteiger partial charge < -0.3 is 13.6 Å². The minimum atomic E-state index is -2.32. The van der Waals surface area contributed by atoms with Crippen LogP contribution in [0.5, 0.6) is 0 Å². The zero-order valence-electron chi connectivity index (χ0n) is 11.5. The molecule has 0 aliphatic carbocycles. The number of ether oxygens (including phenoxy) is 1. The zero-order chi connectivity index (χ0) is 14.0. The lowest BCUT2D eigenvalue weighted by molar-refractivity contribution is -0.138. The summed E-state index contributed by atoms with van der Waals surface area (Å²) in [6.45, 7) is 10.5. The summed E-state index contributed by atoms with van der Waals surface area (Å²) >= 11 is 5.96. The molecule has 0 aliphatic rings. The van der Waals surface area contributed by atoms with Crippen molar-refractivity contribution in [1.82, 2.24) is 0 Å². The Morgan fingerprint density at radius 2 is 1.83 bits per heavy atom. The molecule has 0 radical (unpaired) electrons. The molecule has 0 atom stereocenters. The molecule has 18 heavy (non-hydrogen) atoms. The van der Waals surface area contributed by atoms with Crippen molar-refractivity contribution in [3.05, 3.63) is 12.2 Å². The molecule has 0 aromatic heterocycles. The third-order valence-corrected chi connectivity index (χ3v) is 6.68. The van der Waals surface area contributed by atoms with Gasteiger partial charge in [-0.2, -0.15) is 0 Å². The fraction of sp³-hybridized carbons (Fsp3) is 0.750. The van der Waals surface area contributed by atoms with Crippen molar-refractivity contribution >= 4 is 26.1 Å². The Morgan fingerprint density at radius 3 is 2.22 bits per heavy atom. The first-order chi connectivity index (χ1) is 8.51. The number of rotatable bonds is 10. The molecule has 0 bridgehead atoms. The van der Waals surface area contributed by atoms with E-state index in [1.165, 1.54) is 0 Å². The predicted molar refractivity (Wildman–Crippen MR) is 74.9 cm³/mol. The predicted octanol–water partition coefficient (Wildman–Crippen LogP) is 2.79. The van der Waals surface area contributed by atoms with Gasteiger partial charge in [-0.15, -0.1) is 11.6 Å². The summed E-state index contributed by atoms with van der Waals surface area (Å²) in [5.74, 6) is -0.360. The quantitative estimate of drug-likeness (QED) is 0.204. The summed E-state index contributed by atoms with van der Waals surface area (Å²) in [7, 11) is -2.32. The first-order valence-electron chi connectivity index (χ1n) is 6.17. The molecule has 0 unspecified atom stereocenters. The average molecular weight is 295 g/mol. The van der Waals surface area contributed by atoms with Crippen LogP contribution in [0.1, 0.15) is 27.2 Å². The Balaban J connectivity index is 4.10. The Labute approximate surface area is 115 Å². The van der Waals surface area contributed by atoms with Gasteiger partial charge in [-0.3, -0.25) is 0 Å². The highest BCUT2D eigenvalue weighted by Gasteiger charge is 2.35. The van der Waals surface area contributed by atoms with E-state index in [4.69, 9.17) is 25.2 Å². The molecule has 0 amide bonds. The molecule has 0 aromatic rings. The first-order valence-corrected chi connectivity index (χ1v) is 8.94. The standard InChI is InChI=1S/C12H23ClO4Si/c1-5-16-18(10-13,17-6-2)9-7-8-15-12(14)11(3)4/h3,5-10H2,1-2,4H3. The first kappa shape index (κ1) is 17.6. The van der Waals surface area contributed by atoms with Gasteiger partial charge in [0, 0.05) is 18.8 Å². The third kappa shape index (κ3) is 6.54. The molecule has 0 aromatic carbocycles. The van der Waals surface area contributed by atoms with Crippen LogP contribution < -0.4 is 0 Å². The summed E-state index contributed by atoms with van der Waals surface area (Å²) in [5.41, 5.74) is 0.800. The maximum atomic E-state index is 11.2. The van der Waals surface area contributed by atoms with Crippen molar-refractivity contribution in [2.75, 3.05) is 25.3 Å². The van der Waals surface area contributed by atoms with E-state index in [-0.39, 0.29) is 5.97 Å². The molecule has 6 heteroatoms. The molecule has 0 fully saturated rings. The summed E-state index contributed by atoms with van der Waals surface area (Å²) in [4.78, 5) is 11.2. The van der Waals surface area contributed by atoms with Crippen molar-refractivity contribution in [3.63, 3.8) is 0 Å². The lowest BCUT2D eigenvalue weighted by Crippen LogP contribution is -2.45. The average Bonchev–Trinajstić information content (AvgIpc) is 2.34. The van der Waals surface area contributed by atoms with Crippen LogP contribution in [0.15, 0.2) is 12.2 Å². The lowest BCUT2D eigenvalue weighted by atomic mass is 10.4. The number of esters is 1. The van der Waals surface area contributed by atoms with Crippen LogP contribution in [-0.2, 0) is 18.4 Å². The van der Waals surface area contributed by atoms with Gasteiger partial charge in [0.2, 0.25) is 0 Å². The second-order valence-electron chi connectivity index (χ2n) is 3.93. The van der Waals surface area contributed by atoms with Gasteiger partial charge in [-0.25, -0.2) is 4.79 Å². The van der Waals surface area contributed by atoms with Gasteiger partial charge in [0.1, 0.15) is 0 Å². The smallest absolute Gasteiger partial charge is 0.353 e. The fourth-order valence-electron chi connectivity index (χ4n) is 1.49. The minimum absolute atomic E-state index is 0.345. The van der Waals surface area contributed by atoms with Gasteiger partial charge in [0.05, 0.1) is 12.1 Å². The number of halogens is 1. The van der Waals surface area contributed by atoms with Crippen LogP contribution in [0.2, 0.25) is 6.04 Å². The van der Waals surface area contributed by atoms with Crippen molar-refractivity contribution in [1.29, 1.82) is 0 Å². The monoisotopic (exact) mass is 294 g/mol. The van der Waals surface area contributed by atoms with Crippen molar-refractivity contribution < 1.29 is 18.4 Å². The van der Waals surface area contributed by atoms with E-state index in [2.05, 4.69) is 6.58 Å². The van der Waals surface area contributed by atoms with E-state index in [9.17, 15) is 4.79 Å². The number of carbonyl (C=O) groups is 1. The highest BCUT2D eigenvalue weighted by atomic mass is 35.5. The van der Waals surface area contributed by atoms with Crippen molar-refractivity contribution in [3.8, 4) is 0 Å². The molecule has 0 rings (SSSR count). The van der Waals surface area contributed by atoms with Gasteiger partial charge in [0.25, 0.3) is 0 Å². The largest absolute Gasteiger partial charge is 0.462 e. The van der Waals surface area contributed by atoms with Crippen LogP contribution in [-0.4, -0.2) is 39.9 Å². The van der Waals surface area contributed by atoms with E-state index in [0.717, 1.165) is 6.04 Å². The Hall–Kier alpha value is -0.363. The van der Waals surface area contributed by atoms with Crippen LogP contribution in [0, 0.1) is 0 Å². The van der Waals surface area contributed by atoms with Gasteiger partial charge in [-0.1, -0.05) is 6.58 Å². The Kier molecular flexibility index (Phi) is 9.36. The summed E-state index contributed by atoms with van der Waals surface area (Å²) in [5, 5.41) is 0. The molecule has 106 valence electrons. The number of alkyl halides is 1. The van der Waals surface area contributed by atoms with Crippen LogP contribution >= 0.6 is 11.6 Å². The van der Waals surface area contributed by atoms with Crippen molar-refractivity contribution in [2.45, 2.75) is 33.2 Å². The molecular formula is C12H23ClO4Si. The van der Waals surface area contributed by atoms with E-state index >= 15 is 0 Å². The van der Waals surface area contributed by atoms with E-state index < -0.39 is 8.56 Å². The highest BCUT2D eigenvalue weighted by molar-refractivity contribution is 6.74. The SMILES string of the molecule is C=C(C)C(=O)OCCC[Si](CCl)(OCC)OCC. The summed E-state index contributed by atoms with van der Waals surface area (Å²) in [6, 6.07) is 0.724. The normalized spacial score (nSPS) is 11.3. The Morgan fingerprint density at radius 1 is 1.28 bits per heavy atom. The van der Waals surface area contributed by atoms with Gasteiger partial charge >= 0.3 is 14.5 Å². The lowest BCUT2D eigenvalue weighted by Gasteiger charge is -2.27. The molecule has 4 nitrogen and oxygen atoms in total. The summed E-state index contributed by atoms with van der Waals surface area (Å²) < 4.78 is 16.4. The number of hydrogen-bond donors (Lipinski definition) is 0. The van der Waals surface area contributed by atoms with Gasteiger partial charge in [0.15, 0.2) is 0 Å². The highest BCUT2D eigenvalue weighted by Crippen LogP contribution is 2.18. The fourth-order valence-corrected chi connectivity index (χ4v) is 4.74. The maximum absolute atomic E-state index is 11.2. The molecule has 0 heterocycles. The second-order valence-corrected chi connectivity index (χ2v) is 7.90. The van der Waals surface area contributed by atoms with Crippen LogP contribution in [0.3, 0.4) is 0 Å². The van der Waals surface area contributed by atoms with E-state index in [1.807, 2.05) is 13.8 Å². The topological polar surface area (TPSA) is 44.8 Å². The zero-order valence-corrected chi connectivity index (χ0v) is 13.2. The van der Waals surface area contributed by atoms with Crippen molar-refractivity contribution in [2.24, 2.45) is 0 Å². The van der Waals surface area contributed by atoms with Crippen LogP contribution in [0.4, 0.5) is 0 Å². The number of carbonyl (C=O) groups excluding carboxylic acids is 1. The molecular weight excluding hydrogens is 272 g/mol. The third-order valence-electron chi connectivity index (χ3n) is 2.30. The van der Waals surface area contributed by atoms with Crippen LogP contribution in [0.25, 0.3) is 0 Å². The number of hydrogen-bond acceptors (Lipinski definition) is 4. The Bertz CT molecular complexity index is 265. The minimum Gasteiger partial charge on any atom is -0.462 e. The van der Waals surface area contributed by atoms with Gasteiger partial charge in [-0.05, 0) is 33.2 Å². The van der Waals surface area contributed by atoms with E-state index in [0.29, 0.717) is 37.3 Å². The molecule has 0 spiro atoms. The molecule has 0 aliphatic heterocycles. The van der Waals surface area contributed by atoms with E-state index in [1.54, 1.807) is 6.92 Å². The molecule has 0 saturated carbocycles. The second kappa shape index (κ2) is 9.55. The molecule has 0 saturated heterocycles.